The number of ether oxygens (including phenoxy) is 1. The third-order valence-corrected chi connectivity index (χ3v) is 1.59. The number of nitrogens with two attached hydrogens (primary N) is 2. The van der Waals surface area contributed by atoms with Crippen LogP contribution in [0, 0.1) is 0 Å². The summed E-state index contributed by atoms with van der Waals surface area (Å²) in [6.45, 7) is 1.90. The van der Waals surface area contributed by atoms with Gasteiger partial charge in [0.15, 0.2) is 0 Å². The zero-order valence-corrected chi connectivity index (χ0v) is 8.88. The third-order valence-electron chi connectivity index (χ3n) is 1.59. The monoisotopic (exact) mass is 223 g/mol. The van der Waals surface area contributed by atoms with Gasteiger partial charge in [-0.1, -0.05) is 6.08 Å². The highest BCUT2D eigenvalue weighted by molar-refractivity contribution is 5.81. The summed E-state index contributed by atoms with van der Waals surface area (Å²) >= 11 is 0. The average Bonchev–Trinajstić information content (AvgIpc) is 2.16. The van der Waals surface area contributed by atoms with Gasteiger partial charge in [0.2, 0.25) is 11.9 Å². The van der Waals surface area contributed by atoms with E-state index in [9.17, 15) is 4.79 Å². The van der Waals surface area contributed by atoms with Crippen molar-refractivity contribution in [1.29, 1.82) is 0 Å². The minimum atomic E-state index is -0.405. The van der Waals surface area contributed by atoms with Crippen LogP contribution in [0.25, 0.3) is 0 Å². The number of carbonyl (C=O) groups excluding carboxylic acids is 1. The lowest BCUT2D eigenvalue weighted by molar-refractivity contribution is -0.137. The maximum Gasteiger partial charge on any atom is 0.330 e. The van der Waals surface area contributed by atoms with Crippen molar-refractivity contribution >= 4 is 17.9 Å². The van der Waals surface area contributed by atoms with E-state index in [1.165, 1.54) is 6.08 Å². The predicted molar refractivity (Wildman–Crippen MR) is 58.1 cm³/mol. The highest BCUT2D eigenvalue weighted by Gasteiger charge is 2.03. The Balaban J connectivity index is 2.46. The van der Waals surface area contributed by atoms with Gasteiger partial charge in [0, 0.05) is 12.5 Å². The first-order valence-corrected chi connectivity index (χ1v) is 4.67. The number of hydrogen-bond acceptors (Lipinski definition) is 7. The van der Waals surface area contributed by atoms with Crippen molar-refractivity contribution in [3.63, 3.8) is 0 Å². The summed E-state index contributed by atoms with van der Waals surface area (Å²) in [6, 6.07) is 0. The lowest BCUT2D eigenvalue weighted by atomic mass is 10.4. The number of nitrogens with zero attached hydrogens (tertiary/aromatic N) is 3. The number of carbonyl (C=O) groups is 1. The average molecular weight is 223 g/mol. The van der Waals surface area contributed by atoms with E-state index in [0.717, 1.165) is 0 Å². The zero-order chi connectivity index (χ0) is 12.0. The Morgan fingerprint density at radius 2 is 1.94 bits per heavy atom. The molecule has 1 heterocycles. The van der Waals surface area contributed by atoms with Crippen molar-refractivity contribution in [3.8, 4) is 0 Å². The molecular weight excluding hydrogens is 210 g/mol. The van der Waals surface area contributed by atoms with E-state index in [1.807, 2.05) is 0 Å². The molecule has 0 amide bonds. The summed E-state index contributed by atoms with van der Waals surface area (Å²) in [4.78, 5) is 22.3. The van der Waals surface area contributed by atoms with Crippen LogP contribution < -0.4 is 11.5 Å². The Morgan fingerprint density at radius 1 is 1.31 bits per heavy atom. The molecule has 1 aromatic heterocycles. The number of allylic oxidation sites excluding steroid dienone is 1. The van der Waals surface area contributed by atoms with Crippen LogP contribution in [-0.2, 0) is 16.0 Å². The largest absolute Gasteiger partial charge is 0.462 e. The Morgan fingerprint density at radius 3 is 2.50 bits per heavy atom. The van der Waals surface area contributed by atoms with E-state index >= 15 is 0 Å². The molecule has 0 aliphatic heterocycles. The molecule has 0 saturated carbocycles. The molecule has 1 aromatic rings. The van der Waals surface area contributed by atoms with Crippen LogP contribution >= 0.6 is 0 Å². The predicted octanol–water partition coefficient (Wildman–Crippen LogP) is -0.302. The molecule has 0 spiro atoms. The molecule has 16 heavy (non-hydrogen) atoms. The van der Waals surface area contributed by atoms with E-state index in [2.05, 4.69) is 15.0 Å². The van der Waals surface area contributed by atoms with Gasteiger partial charge in [-0.15, -0.1) is 0 Å². The van der Waals surface area contributed by atoms with Gasteiger partial charge in [0.05, 0.1) is 6.61 Å². The van der Waals surface area contributed by atoms with Crippen LogP contribution in [0.4, 0.5) is 11.9 Å². The Labute approximate surface area is 92.5 Å². The van der Waals surface area contributed by atoms with E-state index in [1.54, 1.807) is 13.0 Å². The molecule has 0 saturated heterocycles. The smallest absolute Gasteiger partial charge is 0.330 e. The summed E-state index contributed by atoms with van der Waals surface area (Å²) in [5, 5.41) is 0. The number of esters is 1. The lowest BCUT2D eigenvalue weighted by Gasteiger charge is -2.02. The Bertz CT molecular complexity index is 385. The van der Waals surface area contributed by atoms with Gasteiger partial charge < -0.3 is 16.2 Å². The van der Waals surface area contributed by atoms with Gasteiger partial charge in [-0.05, 0) is 6.92 Å². The Kier molecular flexibility index (Phi) is 4.19. The normalized spacial score (nSPS) is 10.6. The fraction of sp³-hybridized carbons (Fsp3) is 0.333. The lowest BCUT2D eigenvalue weighted by Crippen LogP contribution is -2.10. The van der Waals surface area contributed by atoms with Gasteiger partial charge >= 0.3 is 5.97 Å². The highest BCUT2D eigenvalue weighted by Crippen LogP contribution is 1.99. The molecule has 0 aliphatic rings. The van der Waals surface area contributed by atoms with Gasteiger partial charge in [0.1, 0.15) is 5.82 Å². The fourth-order valence-corrected chi connectivity index (χ4v) is 0.996. The summed E-state index contributed by atoms with van der Waals surface area (Å²) in [7, 11) is 0. The van der Waals surface area contributed by atoms with E-state index in [-0.39, 0.29) is 18.5 Å². The maximum absolute atomic E-state index is 11.0. The van der Waals surface area contributed by atoms with Crippen LogP contribution in [0.2, 0.25) is 0 Å². The molecule has 4 N–H and O–H groups in total. The highest BCUT2D eigenvalue weighted by atomic mass is 16.5. The first-order valence-electron chi connectivity index (χ1n) is 4.67. The SMILES string of the molecule is C/C=C\C(=O)OCCc1nc(N)nc(N)n1. The molecular formula is C9H13N5O2. The summed E-state index contributed by atoms with van der Waals surface area (Å²) in [5.74, 6) is 0.111. The Hall–Kier alpha value is -2.18. The molecule has 0 unspecified atom stereocenters. The second-order valence-corrected chi connectivity index (χ2v) is 2.89. The molecule has 0 radical (unpaired) electrons. The van der Waals surface area contributed by atoms with Gasteiger partial charge in [-0.2, -0.15) is 15.0 Å². The molecule has 0 aliphatic carbocycles. The quantitative estimate of drug-likeness (QED) is 0.531. The summed E-state index contributed by atoms with van der Waals surface area (Å²) in [6.07, 6.45) is 3.28. The standard InChI is InChI=1S/C9H13N5O2/c1-2-3-7(15)16-5-4-6-12-8(10)14-9(11)13-6/h2-3H,4-5H2,1H3,(H4,10,11,12,13,14)/b3-2-. The van der Waals surface area contributed by atoms with Crippen molar-refractivity contribution < 1.29 is 9.53 Å². The number of nitrogen functional groups attached to an aromatic ring is 2. The molecule has 0 aromatic carbocycles. The minimum absolute atomic E-state index is 0.0577. The number of anilines is 2. The van der Waals surface area contributed by atoms with Crippen LogP contribution in [-0.4, -0.2) is 27.5 Å². The van der Waals surface area contributed by atoms with E-state index < -0.39 is 5.97 Å². The third kappa shape index (κ3) is 3.91. The van der Waals surface area contributed by atoms with Crippen molar-refractivity contribution in [2.45, 2.75) is 13.3 Å². The maximum atomic E-state index is 11.0. The van der Waals surface area contributed by atoms with Gasteiger partial charge in [0.25, 0.3) is 0 Å². The molecule has 0 fully saturated rings. The molecule has 0 bridgehead atoms. The van der Waals surface area contributed by atoms with Crippen LogP contribution in [0.3, 0.4) is 0 Å². The van der Waals surface area contributed by atoms with Crippen molar-refractivity contribution in [3.05, 3.63) is 18.0 Å². The second kappa shape index (κ2) is 5.64. The minimum Gasteiger partial charge on any atom is -0.462 e. The van der Waals surface area contributed by atoms with Crippen molar-refractivity contribution in [2.75, 3.05) is 18.1 Å². The molecule has 7 heteroatoms. The molecule has 0 atom stereocenters. The first kappa shape index (κ1) is 11.9. The van der Waals surface area contributed by atoms with E-state index in [4.69, 9.17) is 16.2 Å². The van der Waals surface area contributed by atoms with Gasteiger partial charge in [-0.3, -0.25) is 0 Å². The molecule has 86 valence electrons. The summed E-state index contributed by atoms with van der Waals surface area (Å²) < 4.78 is 4.86. The number of aromatic nitrogens is 3. The second-order valence-electron chi connectivity index (χ2n) is 2.89. The van der Waals surface area contributed by atoms with Crippen molar-refractivity contribution in [2.24, 2.45) is 0 Å². The zero-order valence-electron chi connectivity index (χ0n) is 8.88. The topological polar surface area (TPSA) is 117 Å². The number of hydrogen-bond donors (Lipinski definition) is 2. The summed E-state index contributed by atoms with van der Waals surface area (Å²) in [5.41, 5.74) is 10.8. The fourth-order valence-electron chi connectivity index (χ4n) is 0.996. The first-order chi connectivity index (χ1) is 7.61. The van der Waals surface area contributed by atoms with E-state index in [0.29, 0.717) is 12.2 Å². The number of rotatable bonds is 4. The van der Waals surface area contributed by atoms with Crippen LogP contribution in [0.15, 0.2) is 12.2 Å². The van der Waals surface area contributed by atoms with Crippen LogP contribution in [0.5, 0.6) is 0 Å². The molecule has 7 nitrogen and oxygen atoms in total. The van der Waals surface area contributed by atoms with Crippen LogP contribution in [0.1, 0.15) is 12.7 Å². The van der Waals surface area contributed by atoms with Crippen molar-refractivity contribution in [1.82, 2.24) is 15.0 Å². The molecule has 1 rings (SSSR count). The van der Waals surface area contributed by atoms with Gasteiger partial charge in [-0.25, -0.2) is 4.79 Å².